The maximum atomic E-state index is 12.6. The number of carbonyl (C=O) groups is 3. The van der Waals surface area contributed by atoms with Crippen LogP contribution >= 0.6 is 0 Å². The molecule has 0 heterocycles. The van der Waals surface area contributed by atoms with E-state index in [9.17, 15) is 14.4 Å². The molecule has 3 aromatic rings. The zero-order chi connectivity index (χ0) is 24.5. The molecular formula is C26H26N2O6. The first-order chi connectivity index (χ1) is 16.4. The Kier molecular flexibility index (Phi) is 8.23. The minimum absolute atomic E-state index is 0.0927. The lowest BCUT2D eigenvalue weighted by molar-refractivity contribution is -0.120. The van der Waals surface area contributed by atoms with Gasteiger partial charge in [0.25, 0.3) is 5.91 Å². The molecule has 3 rings (SSSR count). The van der Waals surface area contributed by atoms with E-state index in [0.29, 0.717) is 34.1 Å². The smallest absolute Gasteiger partial charge is 0.255 e. The molecule has 176 valence electrons. The van der Waals surface area contributed by atoms with Crippen molar-refractivity contribution < 1.29 is 28.6 Å². The van der Waals surface area contributed by atoms with Gasteiger partial charge in [-0.3, -0.25) is 14.4 Å². The molecule has 0 fully saturated rings. The lowest BCUT2D eigenvalue weighted by Gasteiger charge is -2.14. The molecule has 2 N–H and O–H groups in total. The molecule has 0 aromatic heterocycles. The number of carbonyl (C=O) groups excluding carboxylic acids is 3. The molecule has 0 saturated heterocycles. The van der Waals surface area contributed by atoms with E-state index in [0.717, 1.165) is 5.56 Å². The van der Waals surface area contributed by atoms with Crippen molar-refractivity contribution in [3.05, 3.63) is 83.4 Å². The van der Waals surface area contributed by atoms with E-state index < -0.39 is 0 Å². The minimum atomic E-state index is -0.304. The van der Waals surface area contributed by atoms with Crippen LogP contribution in [0, 0.1) is 0 Å². The highest BCUT2D eigenvalue weighted by atomic mass is 16.5. The second-order valence-corrected chi connectivity index (χ2v) is 7.31. The van der Waals surface area contributed by atoms with Crippen molar-refractivity contribution in [2.45, 2.75) is 6.42 Å². The van der Waals surface area contributed by atoms with Crippen LogP contribution in [0.25, 0.3) is 0 Å². The van der Waals surface area contributed by atoms with Crippen LogP contribution in [0.3, 0.4) is 0 Å². The highest BCUT2D eigenvalue weighted by molar-refractivity contribution is 6.04. The third kappa shape index (κ3) is 6.13. The molecule has 0 saturated carbocycles. The summed E-state index contributed by atoms with van der Waals surface area (Å²) in [6, 6.07) is 18.9. The van der Waals surface area contributed by atoms with Crippen molar-refractivity contribution in [3.8, 4) is 17.2 Å². The van der Waals surface area contributed by atoms with Gasteiger partial charge in [0, 0.05) is 16.8 Å². The number of rotatable bonds is 10. The summed E-state index contributed by atoms with van der Waals surface area (Å²) in [5.41, 5.74) is 2.25. The number of ether oxygens (including phenoxy) is 3. The van der Waals surface area contributed by atoms with Gasteiger partial charge in [-0.1, -0.05) is 30.3 Å². The Hall–Kier alpha value is -4.33. The predicted molar refractivity (Wildman–Crippen MR) is 128 cm³/mol. The van der Waals surface area contributed by atoms with Crippen molar-refractivity contribution in [2.24, 2.45) is 0 Å². The largest absolute Gasteiger partial charge is 0.493 e. The summed E-state index contributed by atoms with van der Waals surface area (Å²) in [7, 11) is 4.41. The van der Waals surface area contributed by atoms with Gasteiger partial charge in [-0.05, 0) is 42.0 Å². The quantitative estimate of drug-likeness (QED) is 0.447. The van der Waals surface area contributed by atoms with Crippen LogP contribution in [-0.2, 0) is 11.2 Å². The van der Waals surface area contributed by atoms with Crippen LogP contribution in [-0.4, -0.2) is 45.5 Å². The molecule has 0 bridgehead atoms. The van der Waals surface area contributed by atoms with Crippen LogP contribution in [0.15, 0.2) is 66.7 Å². The van der Waals surface area contributed by atoms with Crippen LogP contribution in [0.5, 0.6) is 17.2 Å². The van der Waals surface area contributed by atoms with Crippen molar-refractivity contribution in [3.63, 3.8) is 0 Å². The van der Waals surface area contributed by atoms with E-state index in [1.54, 1.807) is 48.5 Å². The summed E-state index contributed by atoms with van der Waals surface area (Å²) in [4.78, 5) is 37.2. The van der Waals surface area contributed by atoms with Crippen LogP contribution in [0.4, 0.5) is 5.69 Å². The van der Waals surface area contributed by atoms with Crippen molar-refractivity contribution in [1.82, 2.24) is 5.32 Å². The lowest BCUT2D eigenvalue weighted by atomic mass is 10.1. The number of methoxy groups -OCH3 is 3. The fraction of sp³-hybridized carbons (Fsp3) is 0.192. The number of benzene rings is 3. The Morgan fingerprint density at radius 3 is 1.94 bits per heavy atom. The third-order valence-corrected chi connectivity index (χ3v) is 5.05. The predicted octanol–water partition coefficient (Wildman–Crippen LogP) is 3.51. The highest BCUT2D eigenvalue weighted by Crippen LogP contribution is 2.38. The van der Waals surface area contributed by atoms with Crippen molar-refractivity contribution >= 4 is 23.3 Å². The molecule has 0 aliphatic carbocycles. The number of nitrogens with one attached hydrogen (secondary N) is 2. The fourth-order valence-electron chi connectivity index (χ4n) is 3.27. The number of ketones is 1. The minimum Gasteiger partial charge on any atom is -0.493 e. The molecule has 0 aliphatic rings. The van der Waals surface area contributed by atoms with Gasteiger partial charge in [-0.15, -0.1) is 0 Å². The average molecular weight is 463 g/mol. The van der Waals surface area contributed by atoms with Gasteiger partial charge in [-0.25, -0.2) is 0 Å². The first-order valence-electron chi connectivity index (χ1n) is 10.5. The topological polar surface area (TPSA) is 103 Å². The second kappa shape index (κ2) is 11.5. The first-order valence-corrected chi connectivity index (χ1v) is 10.5. The molecule has 0 spiro atoms. The van der Waals surface area contributed by atoms with E-state index in [1.165, 1.54) is 33.5 Å². The number of anilines is 1. The van der Waals surface area contributed by atoms with E-state index in [4.69, 9.17) is 14.2 Å². The maximum absolute atomic E-state index is 12.6. The second-order valence-electron chi connectivity index (χ2n) is 7.31. The Labute approximate surface area is 197 Å². The Morgan fingerprint density at radius 2 is 1.38 bits per heavy atom. The van der Waals surface area contributed by atoms with Gasteiger partial charge in [-0.2, -0.15) is 0 Å². The third-order valence-electron chi connectivity index (χ3n) is 5.05. The van der Waals surface area contributed by atoms with E-state index in [2.05, 4.69) is 10.6 Å². The van der Waals surface area contributed by atoms with Gasteiger partial charge >= 0.3 is 0 Å². The van der Waals surface area contributed by atoms with Crippen LogP contribution in [0.2, 0.25) is 0 Å². The van der Waals surface area contributed by atoms with Crippen LogP contribution in [0.1, 0.15) is 26.3 Å². The molecule has 34 heavy (non-hydrogen) atoms. The standard InChI is InChI=1S/C26H26N2O6/c1-32-22-14-19(15-23(33-2)25(22)34-3)21(29)16-27-24(30)13-17-9-11-20(12-10-17)28-26(31)18-7-5-4-6-8-18/h4-12,14-15H,13,16H2,1-3H3,(H,27,30)(H,28,31). The number of Topliss-reactive ketones (excluding diaryl/α,β-unsaturated/α-hetero) is 1. The molecule has 2 amide bonds. The SMILES string of the molecule is COc1cc(C(=O)CNC(=O)Cc2ccc(NC(=O)c3ccccc3)cc2)cc(OC)c1OC. The molecule has 0 atom stereocenters. The molecule has 0 aliphatic heterocycles. The molecule has 8 nitrogen and oxygen atoms in total. The van der Waals surface area contributed by atoms with Gasteiger partial charge < -0.3 is 24.8 Å². The van der Waals surface area contributed by atoms with Crippen molar-refractivity contribution in [2.75, 3.05) is 33.2 Å². The Balaban J connectivity index is 1.55. The van der Waals surface area contributed by atoms with E-state index >= 15 is 0 Å². The van der Waals surface area contributed by atoms with Crippen LogP contribution < -0.4 is 24.8 Å². The van der Waals surface area contributed by atoms with Gasteiger partial charge in [0.15, 0.2) is 17.3 Å². The van der Waals surface area contributed by atoms with E-state index in [-0.39, 0.29) is 30.6 Å². The molecule has 0 unspecified atom stereocenters. The molecule has 3 aromatic carbocycles. The van der Waals surface area contributed by atoms with Crippen molar-refractivity contribution in [1.29, 1.82) is 0 Å². The lowest BCUT2D eigenvalue weighted by Crippen LogP contribution is -2.30. The fourth-order valence-corrected chi connectivity index (χ4v) is 3.27. The maximum Gasteiger partial charge on any atom is 0.255 e. The summed E-state index contributed by atoms with van der Waals surface area (Å²) in [5.74, 6) is 0.283. The highest BCUT2D eigenvalue weighted by Gasteiger charge is 2.17. The number of hydrogen-bond acceptors (Lipinski definition) is 6. The van der Waals surface area contributed by atoms with Gasteiger partial charge in [0.05, 0.1) is 34.3 Å². The molecule has 0 radical (unpaired) electrons. The van der Waals surface area contributed by atoms with Gasteiger partial charge in [0.1, 0.15) is 0 Å². The summed E-state index contributed by atoms with van der Waals surface area (Å²) in [6.07, 6.45) is 0.0927. The number of hydrogen-bond donors (Lipinski definition) is 2. The zero-order valence-electron chi connectivity index (χ0n) is 19.2. The zero-order valence-corrected chi connectivity index (χ0v) is 19.2. The Morgan fingerprint density at radius 1 is 0.765 bits per heavy atom. The average Bonchev–Trinajstić information content (AvgIpc) is 2.87. The summed E-state index contributed by atoms with van der Waals surface area (Å²) >= 11 is 0. The van der Waals surface area contributed by atoms with Gasteiger partial charge in [0.2, 0.25) is 11.7 Å². The number of amides is 2. The molecular weight excluding hydrogens is 436 g/mol. The monoisotopic (exact) mass is 462 g/mol. The summed E-state index contributed by atoms with van der Waals surface area (Å²) < 4.78 is 15.8. The first kappa shape index (κ1) is 24.3. The summed E-state index contributed by atoms with van der Waals surface area (Å²) in [5, 5.41) is 5.44. The molecule has 8 heteroatoms. The normalized spacial score (nSPS) is 10.2. The Bertz CT molecular complexity index is 1130. The summed E-state index contributed by atoms with van der Waals surface area (Å²) in [6.45, 7) is -0.178. The van der Waals surface area contributed by atoms with E-state index in [1.807, 2.05) is 6.07 Å².